The van der Waals surface area contributed by atoms with Crippen LogP contribution in [-0.2, 0) is 0 Å². The maximum absolute atomic E-state index is 5.95. The molecule has 0 aliphatic carbocycles. The van der Waals surface area contributed by atoms with Gasteiger partial charge in [-0.15, -0.1) is 0 Å². The second kappa shape index (κ2) is 5.05. The van der Waals surface area contributed by atoms with Crippen molar-refractivity contribution in [2.75, 3.05) is 5.73 Å². The molecule has 0 spiro atoms. The molecule has 0 fully saturated rings. The number of hydrogen-bond acceptors (Lipinski definition) is 3. The first-order valence-electron chi connectivity index (χ1n) is 5.83. The number of benzene rings is 2. The number of nitrogens with two attached hydrogens (primary N) is 1. The molecule has 0 atom stereocenters. The molecule has 3 aromatic rings. The van der Waals surface area contributed by atoms with Crippen molar-refractivity contribution in [3.63, 3.8) is 0 Å². The number of aromatic nitrogens is 1. The molecule has 94 valence electrons. The number of anilines is 1. The number of rotatable bonds is 2. The zero-order valence-corrected chi connectivity index (χ0v) is 12.2. The van der Waals surface area contributed by atoms with Crippen LogP contribution in [0.1, 0.15) is 0 Å². The van der Waals surface area contributed by atoms with Crippen LogP contribution in [0.25, 0.3) is 22.5 Å². The molecule has 3 rings (SSSR count). The fourth-order valence-corrected chi connectivity index (χ4v) is 2.65. The van der Waals surface area contributed by atoms with E-state index in [9.17, 15) is 0 Å². The summed E-state index contributed by atoms with van der Waals surface area (Å²) in [7, 11) is 0. The third-order valence-corrected chi connectivity index (χ3v) is 3.84. The Morgan fingerprint density at radius 3 is 2.37 bits per heavy atom. The Balaban J connectivity index is 2.23. The summed E-state index contributed by atoms with van der Waals surface area (Å²) < 4.78 is 6.54. The van der Waals surface area contributed by atoms with Crippen molar-refractivity contribution in [2.24, 2.45) is 0 Å². The second-order valence-electron chi connectivity index (χ2n) is 4.12. The summed E-state index contributed by atoms with van der Waals surface area (Å²) in [5, 5.41) is 3.91. The lowest BCUT2D eigenvalue weighted by Crippen LogP contribution is -1.89. The highest BCUT2D eigenvalue weighted by Crippen LogP contribution is 2.37. The summed E-state index contributed by atoms with van der Waals surface area (Å²) in [5.41, 5.74) is 8.82. The molecular weight excluding hydrogens is 351 g/mol. The molecule has 1 aromatic heterocycles. The quantitative estimate of drug-likeness (QED) is 0.696. The van der Waals surface area contributed by atoms with E-state index in [1.54, 1.807) is 0 Å². The normalized spacial score (nSPS) is 10.6. The molecule has 0 aliphatic rings. The van der Waals surface area contributed by atoms with Crippen LogP contribution < -0.4 is 5.73 Å². The minimum absolute atomic E-state index is 0.417. The minimum Gasteiger partial charge on any atom is -0.380 e. The first kappa shape index (κ1) is 12.2. The summed E-state index contributed by atoms with van der Waals surface area (Å²) >= 11 is 2.28. The lowest BCUT2D eigenvalue weighted by Gasteiger charge is -2.04. The van der Waals surface area contributed by atoms with Crippen LogP contribution in [0.4, 0.5) is 5.82 Å². The Hall–Kier alpha value is -1.82. The van der Waals surface area contributed by atoms with Crippen LogP contribution in [0, 0.1) is 3.57 Å². The van der Waals surface area contributed by atoms with E-state index < -0.39 is 0 Å². The summed E-state index contributed by atoms with van der Waals surface area (Å²) in [6, 6.07) is 17.9. The average Bonchev–Trinajstić information content (AvgIpc) is 2.82. The molecule has 0 unspecified atom stereocenters. The van der Waals surface area contributed by atoms with Gasteiger partial charge in [-0.2, -0.15) is 0 Å². The van der Waals surface area contributed by atoms with Crippen LogP contribution in [0.5, 0.6) is 0 Å². The van der Waals surface area contributed by atoms with Gasteiger partial charge in [0, 0.05) is 9.13 Å². The molecule has 1 heterocycles. The Kier molecular flexibility index (Phi) is 3.25. The van der Waals surface area contributed by atoms with Crippen molar-refractivity contribution in [3.8, 4) is 22.5 Å². The first-order chi connectivity index (χ1) is 9.27. The highest BCUT2D eigenvalue weighted by Gasteiger charge is 2.18. The van der Waals surface area contributed by atoms with E-state index in [0.717, 1.165) is 20.3 Å². The smallest absolute Gasteiger partial charge is 0.177 e. The van der Waals surface area contributed by atoms with Gasteiger partial charge in [-0.1, -0.05) is 53.7 Å². The summed E-state index contributed by atoms with van der Waals surface area (Å²) in [6.07, 6.45) is 0. The van der Waals surface area contributed by atoms with Gasteiger partial charge in [0.05, 0.1) is 5.56 Å². The maximum atomic E-state index is 5.95. The van der Waals surface area contributed by atoms with Crippen molar-refractivity contribution >= 4 is 28.4 Å². The molecule has 0 amide bonds. The van der Waals surface area contributed by atoms with E-state index in [1.165, 1.54) is 0 Å². The Morgan fingerprint density at radius 1 is 0.947 bits per heavy atom. The van der Waals surface area contributed by atoms with Crippen LogP contribution in [-0.4, -0.2) is 5.16 Å². The van der Waals surface area contributed by atoms with E-state index >= 15 is 0 Å². The predicted octanol–water partition coefficient (Wildman–Crippen LogP) is 4.20. The van der Waals surface area contributed by atoms with Crippen LogP contribution >= 0.6 is 22.6 Å². The van der Waals surface area contributed by atoms with Gasteiger partial charge in [0.1, 0.15) is 0 Å². The maximum Gasteiger partial charge on any atom is 0.177 e. The number of nitrogen functional groups attached to an aromatic ring is 1. The molecule has 4 heteroatoms. The van der Waals surface area contributed by atoms with Crippen LogP contribution in [0.15, 0.2) is 59.1 Å². The molecular formula is C15H11IN2O. The molecule has 0 radical (unpaired) electrons. The second-order valence-corrected chi connectivity index (χ2v) is 5.28. The van der Waals surface area contributed by atoms with Gasteiger partial charge in [0.2, 0.25) is 0 Å². The summed E-state index contributed by atoms with van der Waals surface area (Å²) in [5.74, 6) is 1.13. The molecule has 0 bridgehead atoms. The Labute approximate surface area is 124 Å². The number of hydrogen-bond donors (Lipinski definition) is 1. The average molecular weight is 362 g/mol. The van der Waals surface area contributed by atoms with Crippen LogP contribution in [0.2, 0.25) is 0 Å². The molecule has 3 nitrogen and oxygen atoms in total. The highest BCUT2D eigenvalue weighted by atomic mass is 127. The lowest BCUT2D eigenvalue weighted by atomic mass is 10.0. The molecule has 0 saturated heterocycles. The van der Waals surface area contributed by atoms with Gasteiger partial charge in [-0.25, -0.2) is 0 Å². The zero-order valence-electron chi connectivity index (χ0n) is 10.0. The fraction of sp³-hybridized carbons (Fsp3) is 0. The number of nitrogens with zero attached hydrogens (tertiary/aromatic N) is 1. The SMILES string of the molecule is Nc1noc(-c2ccccc2I)c1-c1ccccc1. The van der Waals surface area contributed by atoms with Gasteiger partial charge >= 0.3 is 0 Å². The van der Waals surface area contributed by atoms with Gasteiger partial charge in [0.15, 0.2) is 11.6 Å². The van der Waals surface area contributed by atoms with Gasteiger partial charge in [-0.3, -0.25) is 0 Å². The van der Waals surface area contributed by atoms with Crippen molar-refractivity contribution < 1.29 is 4.52 Å². The first-order valence-corrected chi connectivity index (χ1v) is 6.90. The molecule has 0 saturated carbocycles. The summed E-state index contributed by atoms with van der Waals surface area (Å²) in [6.45, 7) is 0. The Bertz CT molecular complexity index is 707. The Morgan fingerprint density at radius 2 is 1.63 bits per heavy atom. The van der Waals surface area contributed by atoms with Crippen molar-refractivity contribution in [3.05, 3.63) is 58.2 Å². The van der Waals surface area contributed by atoms with Crippen molar-refractivity contribution in [2.45, 2.75) is 0 Å². The largest absolute Gasteiger partial charge is 0.380 e. The minimum atomic E-state index is 0.417. The molecule has 2 aromatic carbocycles. The van der Waals surface area contributed by atoms with E-state index in [2.05, 4.69) is 27.7 Å². The van der Waals surface area contributed by atoms with Crippen molar-refractivity contribution in [1.29, 1.82) is 0 Å². The monoisotopic (exact) mass is 362 g/mol. The standard InChI is InChI=1S/C15H11IN2O/c16-12-9-5-4-8-11(12)14-13(15(17)18-19-14)10-6-2-1-3-7-10/h1-9H,(H2,17,18). The van der Waals surface area contributed by atoms with Crippen molar-refractivity contribution in [1.82, 2.24) is 5.16 Å². The van der Waals surface area contributed by atoms with Gasteiger partial charge < -0.3 is 10.3 Å². The third kappa shape index (κ3) is 2.23. The number of halogens is 1. The molecule has 2 N–H and O–H groups in total. The topological polar surface area (TPSA) is 52.0 Å². The fourth-order valence-electron chi connectivity index (χ4n) is 2.02. The molecule has 19 heavy (non-hydrogen) atoms. The predicted molar refractivity (Wildman–Crippen MR) is 84.5 cm³/mol. The van der Waals surface area contributed by atoms with E-state index in [0.29, 0.717) is 11.6 Å². The third-order valence-electron chi connectivity index (χ3n) is 2.90. The highest BCUT2D eigenvalue weighted by molar-refractivity contribution is 14.1. The van der Waals surface area contributed by atoms with Crippen LogP contribution in [0.3, 0.4) is 0 Å². The zero-order chi connectivity index (χ0) is 13.2. The molecule has 0 aliphatic heterocycles. The van der Waals surface area contributed by atoms with E-state index in [4.69, 9.17) is 10.3 Å². The van der Waals surface area contributed by atoms with E-state index in [-0.39, 0.29) is 0 Å². The van der Waals surface area contributed by atoms with E-state index in [1.807, 2.05) is 54.6 Å². The van der Waals surface area contributed by atoms with Gasteiger partial charge in [0.25, 0.3) is 0 Å². The van der Waals surface area contributed by atoms with Gasteiger partial charge in [-0.05, 0) is 34.2 Å². The lowest BCUT2D eigenvalue weighted by molar-refractivity contribution is 0.436. The summed E-state index contributed by atoms with van der Waals surface area (Å²) in [4.78, 5) is 0.